The summed E-state index contributed by atoms with van der Waals surface area (Å²) in [6.07, 6.45) is 7.53. The minimum Gasteiger partial charge on any atom is -0.500 e. The summed E-state index contributed by atoms with van der Waals surface area (Å²) in [6.45, 7) is 4.16. The summed E-state index contributed by atoms with van der Waals surface area (Å²) in [4.78, 5) is 13.6. The summed E-state index contributed by atoms with van der Waals surface area (Å²) in [5.41, 5.74) is 14.6. The van der Waals surface area contributed by atoms with Gasteiger partial charge in [0.25, 0.3) is 0 Å². The molecule has 0 amide bonds. The molecule has 0 bridgehead atoms. The van der Waals surface area contributed by atoms with Crippen molar-refractivity contribution in [2.24, 2.45) is 0 Å². The molecule has 0 N–H and O–H groups in total. The van der Waals surface area contributed by atoms with Gasteiger partial charge in [-0.3, -0.25) is 4.98 Å². The maximum absolute atomic E-state index is 6.63. The molecule has 10 aromatic rings. The summed E-state index contributed by atoms with van der Waals surface area (Å²) >= 11 is 0. The molecule has 0 aliphatic rings. The van der Waals surface area contributed by atoms with Crippen LogP contribution in [0.15, 0.2) is 181 Å². The van der Waals surface area contributed by atoms with E-state index in [0.29, 0.717) is 0 Å². The molecule has 0 fully saturated rings. The van der Waals surface area contributed by atoms with Crippen LogP contribution in [0.2, 0.25) is 0 Å². The van der Waals surface area contributed by atoms with Gasteiger partial charge in [-0.2, -0.15) is 0 Å². The number of aryl methyl sites for hydroxylation is 2. The van der Waals surface area contributed by atoms with Crippen molar-refractivity contribution in [3.8, 4) is 55.9 Å². The average molecular weight is 898 g/mol. The fourth-order valence-electron chi connectivity index (χ4n) is 7.15. The van der Waals surface area contributed by atoms with Crippen LogP contribution in [0.4, 0.5) is 0 Å². The normalized spacial score (nSPS) is 10.9. The van der Waals surface area contributed by atoms with Crippen LogP contribution in [0, 0.1) is 26.0 Å². The van der Waals surface area contributed by atoms with Gasteiger partial charge >= 0.3 is 0 Å². The molecule has 0 saturated carbocycles. The van der Waals surface area contributed by atoms with Crippen LogP contribution in [0.3, 0.4) is 0 Å². The Morgan fingerprint density at radius 1 is 0.518 bits per heavy atom. The third-order valence-corrected chi connectivity index (χ3v) is 9.99. The number of hydrogen-bond acceptors (Lipinski definition) is 4. The summed E-state index contributed by atoms with van der Waals surface area (Å²) in [7, 11) is 0. The Balaban J connectivity index is 0.000000179. The molecular weight excluding hydrogens is 863 g/mol. The van der Waals surface area contributed by atoms with Crippen molar-refractivity contribution >= 4 is 32.7 Å². The fraction of sp³-hybridized carbons (Fsp3) is 0.0392. The smallest absolute Gasteiger partial charge is 0.128 e. The van der Waals surface area contributed by atoms with Gasteiger partial charge in [0.2, 0.25) is 0 Å². The molecule has 4 heterocycles. The average Bonchev–Trinajstić information content (AvgIpc) is 3.64. The van der Waals surface area contributed by atoms with Gasteiger partial charge in [-0.1, -0.05) is 127 Å². The van der Waals surface area contributed by atoms with Crippen LogP contribution in [-0.2, 0) is 20.1 Å². The number of aromatic nitrogens is 3. The first-order valence-corrected chi connectivity index (χ1v) is 18.3. The van der Waals surface area contributed by atoms with E-state index in [9.17, 15) is 0 Å². The zero-order valence-corrected chi connectivity index (χ0v) is 33.2. The second kappa shape index (κ2) is 16.1. The van der Waals surface area contributed by atoms with Crippen molar-refractivity contribution in [1.82, 2.24) is 15.0 Å². The van der Waals surface area contributed by atoms with E-state index in [2.05, 4.69) is 144 Å². The second-order valence-electron chi connectivity index (χ2n) is 13.6. The standard InChI is InChI=1S/C32H19N2O.C19H16N.Ir/c1-2-7-21(8-3-1)23-16-18-34-30(19-23)28-14-6-13-27-26-12-5-11-25(31(26)35-32(27)28)24-10-4-9-22-15-17-33-20-29(22)24;1-14-8-10-17(11-9-14)19-12-18(15(2)13-20-19)16-6-4-3-5-7-16;/h1-13,15-20H;3-10,12-13H,1-2H3;/q2*-1;. The minimum absolute atomic E-state index is 0. The van der Waals surface area contributed by atoms with Crippen LogP contribution < -0.4 is 0 Å². The van der Waals surface area contributed by atoms with E-state index in [-0.39, 0.29) is 20.1 Å². The van der Waals surface area contributed by atoms with Gasteiger partial charge in [-0.25, -0.2) is 0 Å². The van der Waals surface area contributed by atoms with Crippen LogP contribution >= 0.6 is 0 Å². The van der Waals surface area contributed by atoms with E-state index in [1.54, 1.807) is 0 Å². The van der Waals surface area contributed by atoms with Crippen LogP contribution in [0.25, 0.3) is 88.6 Å². The van der Waals surface area contributed by atoms with Crippen LogP contribution in [-0.4, -0.2) is 15.0 Å². The number of hydrogen-bond donors (Lipinski definition) is 0. The zero-order valence-electron chi connectivity index (χ0n) is 30.8. The van der Waals surface area contributed by atoms with E-state index in [4.69, 9.17) is 4.42 Å². The molecule has 4 aromatic heterocycles. The van der Waals surface area contributed by atoms with E-state index in [1.807, 2.05) is 73.3 Å². The molecule has 0 spiro atoms. The number of pyridine rings is 3. The van der Waals surface area contributed by atoms with Crippen molar-refractivity contribution in [2.45, 2.75) is 13.8 Å². The summed E-state index contributed by atoms with van der Waals surface area (Å²) < 4.78 is 6.63. The molecule has 0 saturated heterocycles. The predicted octanol–water partition coefficient (Wildman–Crippen LogP) is 13.2. The number of furan rings is 1. The number of nitrogens with zero attached hydrogens (tertiary/aromatic N) is 3. The molecule has 5 heteroatoms. The SMILES string of the molecule is Cc1c[c-]c(-c2cc(-c3ccccc3)c(C)cn2)cc1.[Ir].[c-]1ccc2c(oc3c(-c4cccc5ccncc45)cccc32)c1-c1cc(-c2ccccc2)ccn1. The van der Waals surface area contributed by atoms with E-state index < -0.39 is 0 Å². The predicted molar refractivity (Wildman–Crippen MR) is 225 cm³/mol. The third-order valence-electron chi connectivity index (χ3n) is 9.99. The molecule has 0 aliphatic carbocycles. The maximum Gasteiger partial charge on any atom is 0.128 e. The molecule has 0 atom stereocenters. The Labute approximate surface area is 339 Å². The molecular formula is C51H35IrN3O-2. The van der Waals surface area contributed by atoms with Crippen LogP contribution in [0.5, 0.6) is 0 Å². The van der Waals surface area contributed by atoms with Crippen molar-refractivity contribution in [3.63, 3.8) is 0 Å². The molecule has 1 radical (unpaired) electrons. The Bertz CT molecular complexity index is 2930. The Morgan fingerprint density at radius 3 is 2.09 bits per heavy atom. The first-order valence-electron chi connectivity index (χ1n) is 18.3. The van der Waals surface area contributed by atoms with Gasteiger partial charge < -0.3 is 14.4 Å². The number of benzene rings is 6. The van der Waals surface area contributed by atoms with Gasteiger partial charge in [0.05, 0.1) is 5.58 Å². The first kappa shape index (κ1) is 36.5. The summed E-state index contributed by atoms with van der Waals surface area (Å²) in [6, 6.07) is 58.6. The van der Waals surface area contributed by atoms with Crippen molar-refractivity contribution in [1.29, 1.82) is 0 Å². The van der Waals surface area contributed by atoms with Gasteiger partial charge in [-0.15, -0.1) is 53.6 Å². The van der Waals surface area contributed by atoms with Gasteiger partial charge in [0, 0.05) is 61.2 Å². The maximum atomic E-state index is 6.63. The topological polar surface area (TPSA) is 51.8 Å². The quantitative estimate of drug-likeness (QED) is 0.162. The second-order valence-corrected chi connectivity index (χ2v) is 13.6. The van der Waals surface area contributed by atoms with Crippen molar-refractivity contribution in [3.05, 3.63) is 200 Å². The third kappa shape index (κ3) is 7.19. The molecule has 56 heavy (non-hydrogen) atoms. The van der Waals surface area contributed by atoms with Crippen molar-refractivity contribution in [2.75, 3.05) is 0 Å². The minimum atomic E-state index is 0. The molecule has 6 aromatic carbocycles. The molecule has 0 unspecified atom stereocenters. The van der Waals surface area contributed by atoms with Gasteiger partial charge in [0.15, 0.2) is 0 Å². The van der Waals surface area contributed by atoms with Gasteiger partial charge in [-0.05, 0) is 69.2 Å². The Kier molecular flexibility index (Phi) is 10.5. The van der Waals surface area contributed by atoms with Crippen molar-refractivity contribution < 1.29 is 24.5 Å². The first-order chi connectivity index (χ1) is 27.1. The molecule has 0 aliphatic heterocycles. The molecule has 4 nitrogen and oxygen atoms in total. The zero-order chi connectivity index (χ0) is 37.1. The Morgan fingerprint density at radius 2 is 1.29 bits per heavy atom. The molecule has 10 rings (SSSR count). The fourth-order valence-corrected chi connectivity index (χ4v) is 7.15. The Hall–Kier alpha value is -6.52. The molecule has 271 valence electrons. The van der Waals surface area contributed by atoms with Gasteiger partial charge in [0.1, 0.15) is 5.58 Å². The summed E-state index contributed by atoms with van der Waals surface area (Å²) in [5, 5.41) is 4.39. The van der Waals surface area contributed by atoms with E-state index in [1.165, 1.54) is 22.3 Å². The monoisotopic (exact) mass is 898 g/mol. The van der Waals surface area contributed by atoms with Crippen LogP contribution in [0.1, 0.15) is 11.1 Å². The number of para-hydroxylation sites is 1. The number of fused-ring (bicyclic) bond motifs is 4. The van der Waals surface area contributed by atoms with E-state index >= 15 is 0 Å². The number of rotatable bonds is 5. The van der Waals surface area contributed by atoms with E-state index in [0.717, 1.165) is 77.5 Å². The largest absolute Gasteiger partial charge is 0.500 e. The summed E-state index contributed by atoms with van der Waals surface area (Å²) in [5.74, 6) is 0.